The molecule has 0 aromatic heterocycles. The van der Waals surface area contributed by atoms with Gasteiger partial charge in [-0.15, -0.1) is 0 Å². The molecule has 1 aliphatic rings. The topological polar surface area (TPSA) is 62.2 Å². The fraction of sp³-hybridized carbons (Fsp3) is 0.348. The van der Waals surface area contributed by atoms with Crippen LogP contribution in [0.3, 0.4) is 0 Å². The molecule has 2 aromatic rings. The van der Waals surface area contributed by atoms with Gasteiger partial charge in [0.2, 0.25) is 11.8 Å². The van der Waals surface area contributed by atoms with Crippen LogP contribution in [0.25, 0.3) is 0 Å². The number of nitrogens with zero attached hydrogens (tertiary/aromatic N) is 3. The van der Waals surface area contributed by atoms with Crippen molar-refractivity contribution in [3.63, 3.8) is 0 Å². The van der Waals surface area contributed by atoms with Gasteiger partial charge in [-0.2, -0.15) is 5.10 Å². The first-order valence-corrected chi connectivity index (χ1v) is 9.94. The summed E-state index contributed by atoms with van der Waals surface area (Å²) in [6.07, 6.45) is 1.10. The Morgan fingerprint density at radius 2 is 1.79 bits per heavy atom. The minimum Gasteiger partial charge on any atom is -0.497 e. The highest BCUT2D eigenvalue weighted by atomic mass is 16.5. The second-order valence-electron chi connectivity index (χ2n) is 6.94. The molecule has 0 N–H and O–H groups in total. The van der Waals surface area contributed by atoms with Crippen molar-refractivity contribution in [1.82, 2.24) is 9.91 Å². The Kier molecular flexibility index (Phi) is 7.00. The van der Waals surface area contributed by atoms with Crippen molar-refractivity contribution in [3.8, 4) is 5.75 Å². The minimum atomic E-state index is -0.107. The van der Waals surface area contributed by atoms with Gasteiger partial charge in [0.05, 0.1) is 19.4 Å². The molecule has 1 aliphatic heterocycles. The maximum absolute atomic E-state index is 12.6. The Hall–Kier alpha value is -3.15. The highest BCUT2D eigenvalue weighted by molar-refractivity contribution is 6.02. The summed E-state index contributed by atoms with van der Waals surface area (Å²) in [6.45, 7) is 3.63. The van der Waals surface area contributed by atoms with Crippen molar-refractivity contribution in [2.45, 2.75) is 32.7 Å². The SMILES string of the molecule is CCN(Cc1ccc(OC)cc1)C(=O)CCC(=O)N1CCC(c2ccccc2)=N1. The van der Waals surface area contributed by atoms with E-state index < -0.39 is 0 Å². The van der Waals surface area contributed by atoms with E-state index in [0.29, 0.717) is 19.6 Å². The maximum atomic E-state index is 12.6. The second kappa shape index (κ2) is 9.87. The van der Waals surface area contributed by atoms with Crippen LogP contribution < -0.4 is 4.74 Å². The molecule has 0 saturated carbocycles. The molecule has 0 saturated heterocycles. The van der Waals surface area contributed by atoms with Gasteiger partial charge in [0.15, 0.2) is 0 Å². The summed E-state index contributed by atoms with van der Waals surface area (Å²) in [5, 5.41) is 5.94. The predicted octanol–water partition coefficient (Wildman–Crippen LogP) is 3.46. The smallest absolute Gasteiger partial charge is 0.243 e. The molecule has 0 unspecified atom stereocenters. The van der Waals surface area contributed by atoms with Crippen LogP contribution in [0.2, 0.25) is 0 Å². The van der Waals surface area contributed by atoms with E-state index in [-0.39, 0.29) is 24.7 Å². The van der Waals surface area contributed by atoms with Crippen molar-refractivity contribution in [1.29, 1.82) is 0 Å². The van der Waals surface area contributed by atoms with Crippen molar-refractivity contribution < 1.29 is 14.3 Å². The molecule has 152 valence electrons. The molecule has 6 heteroatoms. The quantitative estimate of drug-likeness (QED) is 0.690. The third-order valence-corrected chi connectivity index (χ3v) is 5.02. The van der Waals surface area contributed by atoms with E-state index in [1.54, 1.807) is 12.0 Å². The van der Waals surface area contributed by atoms with Crippen LogP contribution >= 0.6 is 0 Å². The van der Waals surface area contributed by atoms with E-state index in [9.17, 15) is 9.59 Å². The molecular weight excluding hydrogens is 366 g/mol. The fourth-order valence-corrected chi connectivity index (χ4v) is 3.30. The Morgan fingerprint density at radius 1 is 1.07 bits per heavy atom. The monoisotopic (exact) mass is 393 g/mol. The van der Waals surface area contributed by atoms with E-state index in [2.05, 4.69) is 5.10 Å². The van der Waals surface area contributed by atoms with Gasteiger partial charge < -0.3 is 9.64 Å². The van der Waals surface area contributed by atoms with Gasteiger partial charge in [-0.3, -0.25) is 9.59 Å². The zero-order chi connectivity index (χ0) is 20.6. The predicted molar refractivity (Wildman–Crippen MR) is 113 cm³/mol. The number of methoxy groups -OCH3 is 1. The number of ether oxygens (including phenoxy) is 1. The lowest BCUT2D eigenvalue weighted by Gasteiger charge is -2.21. The van der Waals surface area contributed by atoms with E-state index in [4.69, 9.17) is 4.74 Å². The Balaban J connectivity index is 1.52. The zero-order valence-electron chi connectivity index (χ0n) is 17.0. The molecular formula is C23H27N3O3. The van der Waals surface area contributed by atoms with Crippen LogP contribution in [0, 0.1) is 0 Å². The summed E-state index contributed by atoms with van der Waals surface area (Å²) >= 11 is 0. The van der Waals surface area contributed by atoms with Gasteiger partial charge in [0.1, 0.15) is 5.75 Å². The van der Waals surface area contributed by atoms with Crippen molar-refractivity contribution in [2.75, 3.05) is 20.2 Å². The van der Waals surface area contributed by atoms with Crippen molar-refractivity contribution in [3.05, 3.63) is 65.7 Å². The highest BCUT2D eigenvalue weighted by Crippen LogP contribution is 2.16. The molecule has 3 rings (SSSR count). The number of benzene rings is 2. The van der Waals surface area contributed by atoms with Crippen LogP contribution in [-0.2, 0) is 16.1 Å². The number of hydrogen-bond acceptors (Lipinski definition) is 4. The van der Waals surface area contributed by atoms with Gasteiger partial charge in [0.25, 0.3) is 0 Å². The molecule has 6 nitrogen and oxygen atoms in total. The Bertz CT molecular complexity index is 863. The number of carbonyl (C=O) groups excluding carboxylic acids is 2. The van der Waals surface area contributed by atoms with Crippen LogP contribution in [-0.4, -0.2) is 47.6 Å². The third-order valence-electron chi connectivity index (χ3n) is 5.02. The van der Waals surface area contributed by atoms with Crippen molar-refractivity contribution in [2.24, 2.45) is 5.10 Å². The first kappa shape index (κ1) is 20.6. The zero-order valence-corrected chi connectivity index (χ0v) is 17.0. The van der Waals surface area contributed by atoms with Gasteiger partial charge in [0, 0.05) is 32.4 Å². The molecule has 29 heavy (non-hydrogen) atoms. The van der Waals surface area contributed by atoms with Crippen LogP contribution in [0.4, 0.5) is 0 Å². The van der Waals surface area contributed by atoms with Gasteiger partial charge in [-0.1, -0.05) is 42.5 Å². The normalized spacial score (nSPS) is 13.2. The number of hydrogen-bond donors (Lipinski definition) is 0. The molecule has 2 aromatic carbocycles. The molecule has 2 amide bonds. The summed E-state index contributed by atoms with van der Waals surface area (Å²) in [5.74, 6) is 0.655. The lowest BCUT2D eigenvalue weighted by molar-refractivity contribution is -0.137. The van der Waals surface area contributed by atoms with E-state index in [1.165, 1.54) is 5.01 Å². The van der Waals surface area contributed by atoms with E-state index >= 15 is 0 Å². The largest absolute Gasteiger partial charge is 0.497 e. The van der Waals surface area contributed by atoms with E-state index in [0.717, 1.165) is 29.0 Å². The molecule has 0 radical (unpaired) electrons. The summed E-state index contributed by atoms with van der Waals surface area (Å²) in [6, 6.07) is 17.5. The summed E-state index contributed by atoms with van der Waals surface area (Å²) in [4.78, 5) is 26.9. The lowest BCUT2D eigenvalue weighted by Crippen LogP contribution is -2.32. The summed E-state index contributed by atoms with van der Waals surface area (Å²) in [5.41, 5.74) is 2.99. The first-order valence-electron chi connectivity index (χ1n) is 9.94. The Labute approximate surface area is 171 Å². The average Bonchev–Trinajstić information content (AvgIpc) is 3.27. The number of rotatable bonds is 8. The second-order valence-corrected chi connectivity index (χ2v) is 6.94. The van der Waals surface area contributed by atoms with Gasteiger partial charge in [-0.05, 0) is 30.2 Å². The van der Waals surface area contributed by atoms with E-state index in [1.807, 2.05) is 61.5 Å². The highest BCUT2D eigenvalue weighted by Gasteiger charge is 2.23. The third kappa shape index (κ3) is 5.44. The standard InChI is InChI=1S/C23H27N3O3/c1-3-25(17-18-9-11-20(29-2)12-10-18)22(27)13-14-23(28)26-16-15-21(24-26)19-7-5-4-6-8-19/h4-12H,3,13-17H2,1-2H3. The molecule has 0 spiro atoms. The van der Waals surface area contributed by atoms with Crippen molar-refractivity contribution >= 4 is 17.5 Å². The average molecular weight is 393 g/mol. The first-order chi connectivity index (χ1) is 14.1. The fourth-order valence-electron chi connectivity index (χ4n) is 3.30. The number of amides is 2. The maximum Gasteiger partial charge on any atom is 0.243 e. The van der Waals surface area contributed by atoms with Crippen LogP contribution in [0.15, 0.2) is 59.7 Å². The lowest BCUT2D eigenvalue weighted by atomic mass is 10.1. The Morgan fingerprint density at radius 3 is 2.45 bits per heavy atom. The van der Waals surface area contributed by atoms with Crippen LogP contribution in [0.5, 0.6) is 5.75 Å². The summed E-state index contributed by atoms with van der Waals surface area (Å²) < 4.78 is 5.16. The van der Waals surface area contributed by atoms with Crippen LogP contribution in [0.1, 0.15) is 37.3 Å². The molecule has 0 fully saturated rings. The molecule has 0 aliphatic carbocycles. The molecule has 1 heterocycles. The minimum absolute atomic E-state index is 0.0249. The van der Waals surface area contributed by atoms with Gasteiger partial charge >= 0.3 is 0 Å². The molecule has 0 bridgehead atoms. The molecule has 0 atom stereocenters. The number of hydrazone groups is 1. The van der Waals surface area contributed by atoms with Gasteiger partial charge in [-0.25, -0.2) is 5.01 Å². The number of carbonyl (C=O) groups is 2. The summed E-state index contributed by atoms with van der Waals surface area (Å²) in [7, 11) is 1.63.